The van der Waals surface area contributed by atoms with Crippen LogP contribution in [-0.4, -0.2) is 17.9 Å². The van der Waals surface area contributed by atoms with E-state index in [2.05, 4.69) is 31.9 Å². The van der Waals surface area contributed by atoms with Crippen LogP contribution in [0.3, 0.4) is 0 Å². The van der Waals surface area contributed by atoms with Gasteiger partial charge in [-0.05, 0) is 62.2 Å². The van der Waals surface area contributed by atoms with E-state index in [1.165, 1.54) is 18.2 Å². The topological polar surface area (TPSA) is 20.3 Å². The molecule has 0 aliphatic carbocycles. The number of nitrogens with zero attached hydrogens (tertiary/aromatic N) is 1. The van der Waals surface area contributed by atoms with Crippen LogP contribution in [-0.2, 0) is 6.54 Å². The number of benzene rings is 1. The minimum Gasteiger partial charge on any atom is -0.337 e. The summed E-state index contributed by atoms with van der Waals surface area (Å²) < 4.78 is 14.8. The van der Waals surface area contributed by atoms with Gasteiger partial charge in [-0.25, -0.2) is 4.39 Å². The molecule has 1 amide bonds. The zero-order valence-electron chi connectivity index (χ0n) is 9.99. The lowest BCUT2D eigenvalue weighted by atomic mass is 10.2. The molecule has 2 rings (SSSR count). The predicted molar refractivity (Wildman–Crippen MR) is 81.9 cm³/mol. The van der Waals surface area contributed by atoms with E-state index in [0.29, 0.717) is 16.6 Å². The number of hydrogen-bond donors (Lipinski definition) is 0. The highest BCUT2D eigenvalue weighted by Gasteiger charge is 2.16. The molecule has 0 radical (unpaired) electrons. The summed E-state index contributed by atoms with van der Waals surface area (Å²) in [6.07, 6.45) is 0. The van der Waals surface area contributed by atoms with Gasteiger partial charge >= 0.3 is 0 Å². The summed E-state index contributed by atoms with van der Waals surface area (Å²) in [6, 6.07) is 8.00. The molecule has 0 saturated heterocycles. The van der Waals surface area contributed by atoms with Crippen molar-refractivity contribution in [1.82, 2.24) is 4.90 Å². The summed E-state index contributed by atoms with van der Waals surface area (Å²) in [4.78, 5) is 14.9. The number of hydrogen-bond acceptors (Lipinski definition) is 2. The molecule has 0 aliphatic rings. The summed E-state index contributed by atoms with van der Waals surface area (Å²) >= 11 is 8.23. The van der Waals surface area contributed by atoms with Crippen LogP contribution in [0.4, 0.5) is 4.39 Å². The van der Waals surface area contributed by atoms with Gasteiger partial charge in [0.25, 0.3) is 5.91 Å². The fourth-order valence-electron chi connectivity index (χ4n) is 1.61. The van der Waals surface area contributed by atoms with Crippen molar-refractivity contribution in [2.75, 3.05) is 7.05 Å². The molecule has 0 atom stereocenters. The van der Waals surface area contributed by atoms with Crippen LogP contribution in [0, 0.1) is 5.82 Å². The third-order valence-corrected chi connectivity index (χ3v) is 4.83. The Labute approximate surface area is 131 Å². The molecule has 1 heterocycles. The first-order valence-corrected chi connectivity index (χ1v) is 7.82. The lowest BCUT2D eigenvalue weighted by Gasteiger charge is -2.17. The van der Waals surface area contributed by atoms with Crippen LogP contribution in [0.25, 0.3) is 0 Å². The number of thiophene rings is 1. The summed E-state index contributed by atoms with van der Waals surface area (Å²) in [5.74, 6) is -0.630. The minimum absolute atomic E-state index is 0.212. The summed E-state index contributed by atoms with van der Waals surface area (Å²) in [5.41, 5.74) is 0.332. The predicted octanol–water partition coefficient (Wildman–Crippen LogP) is 4.68. The number of halogens is 3. The van der Waals surface area contributed by atoms with Crippen molar-refractivity contribution in [1.29, 1.82) is 0 Å². The summed E-state index contributed by atoms with van der Waals surface area (Å²) in [5, 5.41) is 0. The van der Waals surface area contributed by atoms with Crippen LogP contribution >= 0.6 is 43.2 Å². The quantitative estimate of drug-likeness (QED) is 0.724. The average molecular weight is 407 g/mol. The van der Waals surface area contributed by atoms with Crippen LogP contribution in [0.15, 0.2) is 38.6 Å². The Hall–Kier alpha value is -0.720. The molecule has 19 heavy (non-hydrogen) atoms. The molecule has 0 saturated carbocycles. The maximum Gasteiger partial charge on any atom is 0.255 e. The zero-order valence-corrected chi connectivity index (χ0v) is 14.0. The Morgan fingerprint density at radius 2 is 2.05 bits per heavy atom. The second-order valence-corrected chi connectivity index (χ2v) is 7.39. The lowest BCUT2D eigenvalue weighted by Crippen LogP contribution is -2.26. The van der Waals surface area contributed by atoms with Crippen molar-refractivity contribution in [3.8, 4) is 0 Å². The number of amides is 1. The van der Waals surface area contributed by atoms with Gasteiger partial charge < -0.3 is 4.90 Å². The van der Waals surface area contributed by atoms with Crippen molar-refractivity contribution in [3.05, 3.63) is 54.8 Å². The molecule has 0 aliphatic heterocycles. The Balaban J connectivity index is 2.16. The number of carbonyl (C=O) groups excluding carboxylic acids is 1. The fraction of sp³-hybridized carbons (Fsp3) is 0.154. The van der Waals surface area contributed by atoms with Gasteiger partial charge in [-0.3, -0.25) is 4.79 Å². The molecule has 1 aromatic carbocycles. The van der Waals surface area contributed by atoms with Gasteiger partial charge in [-0.2, -0.15) is 0 Å². The molecular weight excluding hydrogens is 397 g/mol. The molecule has 2 aromatic rings. The Morgan fingerprint density at radius 3 is 2.68 bits per heavy atom. The Kier molecular flexibility index (Phi) is 4.76. The van der Waals surface area contributed by atoms with Crippen LogP contribution in [0.1, 0.15) is 15.2 Å². The third-order valence-electron chi connectivity index (χ3n) is 2.53. The standard InChI is InChI=1S/C13H10Br2FNOS/c1-17(7-9-3-5-12(15)19-9)13(18)10-6-8(16)2-4-11(10)14/h2-6H,7H2,1H3. The molecule has 0 unspecified atom stereocenters. The van der Waals surface area contributed by atoms with Crippen LogP contribution in [0.2, 0.25) is 0 Å². The SMILES string of the molecule is CN(Cc1ccc(Br)s1)C(=O)c1cc(F)ccc1Br. The molecule has 1 aromatic heterocycles. The Morgan fingerprint density at radius 1 is 1.32 bits per heavy atom. The smallest absolute Gasteiger partial charge is 0.255 e. The highest BCUT2D eigenvalue weighted by Crippen LogP contribution is 2.24. The van der Waals surface area contributed by atoms with E-state index in [4.69, 9.17) is 0 Å². The molecule has 2 nitrogen and oxygen atoms in total. The first kappa shape index (κ1) is 14.7. The van der Waals surface area contributed by atoms with Crippen molar-refractivity contribution in [2.24, 2.45) is 0 Å². The van der Waals surface area contributed by atoms with Gasteiger partial charge in [-0.15, -0.1) is 11.3 Å². The molecular formula is C13H10Br2FNOS. The lowest BCUT2D eigenvalue weighted by molar-refractivity contribution is 0.0785. The molecule has 0 spiro atoms. The first-order chi connectivity index (χ1) is 8.97. The molecule has 0 fully saturated rings. The second-order valence-electron chi connectivity index (χ2n) is 3.99. The van der Waals surface area contributed by atoms with Crippen molar-refractivity contribution in [2.45, 2.75) is 6.54 Å². The van der Waals surface area contributed by atoms with E-state index >= 15 is 0 Å². The summed E-state index contributed by atoms with van der Waals surface area (Å²) in [7, 11) is 1.70. The second kappa shape index (κ2) is 6.15. The van der Waals surface area contributed by atoms with Crippen LogP contribution in [0.5, 0.6) is 0 Å². The highest BCUT2D eigenvalue weighted by atomic mass is 79.9. The normalized spacial score (nSPS) is 10.5. The van der Waals surface area contributed by atoms with Crippen molar-refractivity contribution in [3.63, 3.8) is 0 Å². The summed E-state index contributed by atoms with van der Waals surface area (Å²) in [6.45, 7) is 0.498. The number of carbonyl (C=O) groups is 1. The van der Waals surface area contributed by atoms with Gasteiger partial charge in [0.15, 0.2) is 0 Å². The molecule has 6 heteroatoms. The van der Waals surface area contributed by atoms with E-state index < -0.39 is 5.82 Å². The monoisotopic (exact) mass is 405 g/mol. The maximum absolute atomic E-state index is 13.2. The van der Waals surface area contributed by atoms with E-state index in [9.17, 15) is 9.18 Å². The fourth-order valence-corrected chi connectivity index (χ4v) is 3.56. The van der Waals surface area contributed by atoms with Crippen molar-refractivity contribution < 1.29 is 9.18 Å². The zero-order chi connectivity index (χ0) is 14.0. The molecule has 0 bridgehead atoms. The molecule has 0 N–H and O–H groups in total. The average Bonchev–Trinajstić information content (AvgIpc) is 2.77. The Bertz CT molecular complexity index is 614. The molecule has 100 valence electrons. The highest BCUT2D eigenvalue weighted by molar-refractivity contribution is 9.11. The van der Waals surface area contributed by atoms with E-state index in [0.717, 1.165) is 8.66 Å². The van der Waals surface area contributed by atoms with E-state index in [1.54, 1.807) is 23.3 Å². The van der Waals surface area contributed by atoms with E-state index in [1.807, 2.05) is 12.1 Å². The third kappa shape index (κ3) is 3.64. The van der Waals surface area contributed by atoms with Crippen molar-refractivity contribution >= 4 is 49.1 Å². The maximum atomic E-state index is 13.2. The number of rotatable bonds is 3. The van der Waals surface area contributed by atoms with Crippen LogP contribution < -0.4 is 0 Å². The van der Waals surface area contributed by atoms with E-state index in [-0.39, 0.29) is 5.91 Å². The van der Waals surface area contributed by atoms with Gasteiger partial charge in [0.05, 0.1) is 15.9 Å². The first-order valence-electron chi connectivity index (χ1n) is 5.42. The van der Waals surface area contributed by atoms with Gasteiger partial charge in [0, 0.05) is 16.4 Å². The van der Waals surface area contributed by atoms with Gasteiger partial charge in [0.1, 0.15) is 5.82 Å². The van der Waals surface area contributed by atoms with Gasteiger partial charge in [-0.1, -0.05) is 0 Å². The minimum atomic E-state index is -0.418. The van der Waals surface area contributed by atoms with Gasteiger partial charge in [0.2, 0.25) is 0 Å². The largest absolute Gasteiger partial charge is 0.337 e.